The largest absolute Gasteiger partial charge is 0.497 e. The third kappa shape index (κ3) is 9.30. The molecule has 2 atom stereocenters. The minimum atomic E-state index is -3.64. The summed E-state index contributed by atoms with van der Waals surface area (Å²) in [5.41, 5.74) is 1.59. The van der Waals surface area contributed by atoms with E-state index in [-0.39, 0.29) is 55.8 Å². The lowest BCUT2D eigenvalue weighted by Gasteiger charge is -2.33. The molecule has 0 aliphatic rings. The van der Waals surface area contributed by atoms with E-state index in [9.17, 15) is 22.4 Å². The monoisotopic (exact) mass is 597 g/mol. The number of amides is 2. The van der Waals surface area contributed by atoms with Crippen molar-refractivity contribution in [3.05, 3.63) is 95.8 Å². The van der Waals surface area contributed by atoms with E-state index in [0.29, 0.717) is 17.9 Å². The molecule has 0 aromatic heterocycles. The highest BCUT2D eigenvalue weighted by atomic mass is 32.2. The van der Waals surface area contributed by atoms with Gasteiger partial charge in [-0.25, -0.2) is 12.8 Å². The second-order valence-corrected chi connectivity index (χ2v) is 12.2. The number of rotatable bonds is 15. The van der Waals surface area contributed by atoms with Gasteiger partial charge in [0.15, 0.2) is 0 Å². The maximum Gasteiger partial charge on any atom is 0.243 e. The molecular weight excluding hydrogens is 557 g/mol. The average Bonchev–Trinajstić information content (AvgIpc) is 2.97. The molecule has 0 bridgehead atoms. The summed E-state index contributed by atoms with van der Waals surface area (Å²) in [5.74, 6) is -0.583. The zero-order chi connectivity index (χ0) is 30.7. The van der Waals surface area contributed by atoms with Crippen LogP contribution in [0.2, 0.25) is 0 Å². The molecule has 0 heterocycles. The van der Waals surface area contributed by atoms with Gasteiger partial charge in [-0.1, -0.05) is 55.5 Å². The molecule has 42 heavy (non-hydrogen) atoms. The van der Waals surface area contributed by atoms with Gasteiger partial charge in [-0.15, -0.1) is 0 Å². The van der Waals surface area contributed by atoms with Crippen molar-refractivity contribution in [1.29, 1.82) is 0 Å². The molecule has 10 heteroatoms. The molecular formula is C32H40FN3O5S. The van der Waals surface area contributed by atoms with Crippen LogP contribution < -0.4 is 14.4 Å². The fraction of sp³-hybridized carbons (Fsp3) is 0.375. The number of sulfonamides is 1. The van der Waals surface area contributed by atoms with Gasteiger partial charge in [0, 0.05) is 37.5 Å². The predicted octanol–water partition coefficient (Wildman–Crippen LogP) is 4.94. The standard InChI is InChI=1S/C32H40FN3O5S/c1-5-24(2)34-32(38)30(22-25-12-7-6-8-13-25)35(23-26-14-9-10-15-29(26)33)31(37)16-11-21-36(42(4,39)40)27-17-19-28(41-3)20-18-27/h6-10,12-15,17-20,24,30H,5,11,16,21-23H2,1-4H3,(H,34,38)/t24-,30+/m0/s1. The van der Waals surface area contributed by atoms with Gasteiger partial charge in [0.2, 0.25) is 21.8 Å². The summed E-state index contributed by atoms with van der Waals surface area (Å²) in [6.07, 6.45) is 2.20. The number of carbonyl (C=O) groups is 2. The molecule has 226 valence electrons. The van der Waals surface area contributed by atoms with Crippen LogP contribution in [0.15, 0.2) is 78.9 Å². The number of benzene rings is 3. The Kier molecular flexibility index (Phi) is 11.9. The summed E-state index contributed by atoms with van der Waals surface area (Å²) in [6, 6.07) is 21.1. The topological polar surface area (TPSA) is 96.0 Å². The summed E-state index contributed by atoms with van der Waals surface area (Å²) < 4.78 is 46.4. The molecule has 1 N–H and O–H groups in total. The van der Waals surface area contributed by atoms with Gasteiger partial charge < -0.3 is 15.0 Å². The maximum atomic E-state index is 14.8. The van der Waals surface area contributed by atoms with Crippen LogP contribution >= 0.6 is 0 Å². The number of anilines is 1. The Morgan fingerprint density at radius 2 is 1.62 bits per heavy atom. The van der Waals surface area contributed by atoms with Gasteiger partial charge in [-0.3, -0.25) is 13.9 Å². The molecule has 0 radical (unpaired) electrons. The van der Waals surface area contributed by atoms with Crippen LogP contribution in [-0.2, 0) is 32.6 Å². The maximum absolute atomic E-state index is 14.8. The predicted molar refractivity (Wildman–Crippen MR) is 163 cm³/mol. The number of methoxy groups -OCH3 is 1. The highest BCUT2D eigenvalue weighted by Crippen LogP contribution is 2.23. The Morgan fingerprint density at radius 3 is 2.21 bits per heavy atom. The smallest absolute Gasteiger partial charge is 0.243 e. The lowest BCUT2D eigenvalue weighted by Crippen LogP contribution is -2.52. The summed E-state index contributed by atoms with van der Waals surface area (Å²) in [5, 5.41) is 2.99. The number of ether oxygens (including phenoxy) is 1. The van der Waals surface area contributed by atoms with Crippen LogP contribution in [0.4, 0.5) is 10.1 Å². The first-order valence-electron chi connectivity index (χ1n) is 14.0. The van der Waals surface area contributed by atoms with Crippen molar-refractivity contribution in [2.75, 3.05) is 24.2 Å². The molecule has 0 aliphatic carbocycles. The molecule has 0 saturated heterocycles. The van der Waals surface area contributed by atoms with Gasteiger partial charge in [-0.05, 0) is 55.7 Å². The van der Waals surface area contributed by atoms with Gasteiger partial charge >= 0.3 is 0 Å². The second kappa shape index (κ2) is 15.3. The molecule has 3 rings (SSSR count). The van der Waals surface area contributed by atoms with E-state index < -0.39 is 21.9 Å². The minimum absolute atomic E-state index is 0.0431. The first-order valence-corrected chi connectivity index (χ1v) is 15.9. The first-order chi connectivity index (χ1) is 20.0. The highest BCUT2D eigenvalue weighted by molar-refractivity contribution is 7.92. The number of nitrogens with one attached hydrogen (secondary N) is 1. The molecule has 8 nitrogen and oxygen atoms in total. The van der Waals surface area contributed by atoms with Gasteiger partial charge in [-0.2, -0.15) is 0 Å². The van der Waals surface area contributed by atoms with Crippen molar-refractivity contribution in [3.8, 4) is 5.75 Å². The van der Waals surface area contributed by atoms with E-state index in [0.717, 1.165) is 11.8 Å². The van der Waals surface area contributed by atoms with E-state index in [4.69, 9.17) is 4.74 Å². The third-order valence-corrected chi connectivity index (χ3v) is 8.28. The van der Waals surface area contributed by atoms with Crippen LogP contribution in [0, 0.1) is 5.82 Å². The van der Waals surface area contributed by atoms with Crippen molar-refractivity contribution in [2.24, 2.45) is 0 Å². The molecule has 0 saturated carbocycles. The fourth-order valence-corrected chi connectivity index (χ4v) is 5.52. The van der Waals surface area contributed by atoms with Crippen LogP contribution in [0.25, 0.3) is 0 Å². The Labute approximate surface area is 248 Å². The summed E-state index contributed by atoms with van der Waals surface area (Å²) in [6.45, 7) is 3.78. The summed E-state index contributed by atoms with van der Waals surface area (Å²) >= 11 is 0. The van der Waals surface area contributed by atoms with E-state index in [1.807, 2.05) is 44.2 Å². The van der Waals surface area contributed by atoms with Gasteiger partial charge in [0.25, 0.3) is 0 Å². The van der Waals surface area contributed by atoms with Crippen LogP contribution in [0.5, 0.6) is 5.75 Å². The Balaban J connectivity index is 1.89. The normalized spacial score (nSPS) is 12.7. The molecule has 0 fully saturated rings. The van der Waals surface area contributed by atoms with Crippen LogP contribution in [0.3, 0.4) is 0 Å². The molecule has 0 spiro atoms. The Bertz CT molecular complexity index is 1420. The van der Waals surface area contributed by atoms with Crippen LogP contribution in [0.1, 0.15) is 44.2 Å². The Hall–Kier alpha value is -3.92. The second-order valence-electron chi connectivity index (χ2n) is 10.3. The average molecular weight is 598 g/mol. The summed E-state index contributed by atoms with van der Waals surface area (Å²) in [4.78, 5) is 28.9. The van der Waals surface area contributed by atoms with E-state index in [2.05, 4.69) is 5.32 Å². The van der Waals surface area contributed by atoms with Gasteiger partial charge in [0.1, 0.15) is 17.6 Å². The van der Waals surface area contributed by atoms with Crippen molar-refractivity contribution < 1.29 is 27.1 Å². The molecule has 3 aromatic rings. The first kappa shape index (κ1) is 32.6. The van der Waals surface area contributed by atoms with E-state index in [1.54, 1.807) is 42.5 Å². The lowest BCUT2D eigenvalue weighted by molar-refractivity contribution is -0.141. The Morgan fingerprint density at radius 1 is 0.976 bits per heavy atom. The third-order valence-electron chi connectivity index (χ3n) is 7.08. The molecule has 2 amide bonds. The molecule has 3 aromatic carbocycles. The van der Waals surface area contributed by atoms with E-state index >= 15 is 0 Å². The SMILES string of the molecule is CC[C@H](C)NC(=O)[C@@H](Cc1ccccc1)N(Cc1ccccc1F)C(=O)CCCN(c1ccc(OC)cc1)S(C)(=O)=O. The zero-order valence-electron chi connectivity index (χ0n) is 24.6. The quantitative estimate of drug-likeness (QED) is 0.268. The number of halogens is 1. The number of nitrogens with zero attached hydrogens (tertiary/aromatic N) is 2. The lowest BCUT2D eigenvalue weighted by atomic mass is 10.0. The van der Waals surface area contributed by atoms with Crippen molar-refractivity contribution in [2.45, 2.75) is 58.2 Å². The van der Waals surface area contributed by atoms with Crippen molar-refractivity contribution >= 4 is 27.5 Å². The summed E-state index contributed by atoms with van der Waals surface area (Å²) in [7, 11) is -2.12. The zero-order valence-corrected chi connectivity index (χ0v) is 25.4. The van der Waals surface area contributed by atoms with Crippen molar-refractivity contribution in [3.63, 3.8) is 0 Å². The van der Waals surface area contributed by atoms with E-state index in [1.165, 1.54) is 22.4 Å². The minimum Gasteiger partial charge on any atom is -0.497 e. The fourth-order valence-electron chi connectivity index (χ4n) is 4.56. The van der Waals surface area contributed by atoms with Crippen molar-refractivity contribution in [1.82, 2.24) is 10.2 Å². The molecule has 0 aliphatic heterocycles. The van der Waals surface area contributed by atoms with Gasteiger partial charge in [0.05, 0.1) is 19.1 Å². The highest BCUT2D eigenvalue weighted by Gasteiger charge is 2.31. The van der Waals surface area contributed by atoms with Crippen LogP contribution in [-0.4, -0.2) is 57.1 Å². The number of hydrogen-bond acceptors (Lipinski definition) is 5. The molecule has 0 unspecified atom stereocenters. The number of hydrogen-bond donors (Lipinski definition) is 1. The number of carbonyl (C=O) groups excluding carboxylic acids is 2.